The van der Waals surface area contributed by atoms with Gasteiger partial charge in [-0.05, 0) is 54.5 Å². The lowest BCUT2D eigenvalue weighted by Crippen LogP contribution is -2.40. The molecule has 1 aromatic carbocycles. The minimum atomic E-state index is 0.548. The number of thiocarbonyl (C=S) groups is 1. The topological polar surface area (TPSA) is 40.6 Å². The maximum absolute atomic E-state index is 6.29. The first kappa shape index (κ1) is 21.3. The van der Waals surface area contributed by atoms with Gasteiger partial charge in [0.25, 0.3) is 0 Å². The largest absolute Gasteiger partial charge is 0.379 e. The number of morpholine rings is 1. The van der Waals surface area contributed by atoms with Gasteiger partial charge in [0.2, 0.25) is 0 Å². The van der Waals surface area contributed by atoms with Crippen molar-refractivity contribution in [3.8, 4) is 0 Å². The number of hydrogen-bond donors (Lipinski definition) is 1. The first-order chi connectivity index (χ1) is 13.6. The van der Waals surface area contributed by atoms with E-state index < -0.39 is 0 Å². The SMILES string of the molecule is S=C(Nc1ccc(Cl)cc1Cl)N(CCCN1CCOCC1)Cc1ccncc1. The van der Waals surface area contributed by atoms with Gasteiger partial charge >= 0.3 is 0 Å². The molecule has 1 saturated heterocycles. The number of nitrogens with zero attached hydrogens (tertiary/aromatic N) is 3. The van der Waals surface area contributed by atoms with Gasteiger partial charge in [0, 0.05) is 50.1 Å². The van der Waals surface area contributed by atoms with E-state index in [1.165, 1.54) is 0 Å². The Balaban J connectivity index is 1.62. The summed E-state index contributed by atoms with van der Waals surface area (Å²) in [7, 11) is 0. The molecule has 0 unspecified atom stereocenters. The summed E-state index contributed by atoms with van der Waals surface area (Å²) in [6.45, 7) is 6.20. The fourth-order valence-electron chi connectivity index (χ4n) is 3.06. The number of nitrogens with one attached hydrogen (secondary N) is 1. The molecule has 150 valence electrons. The van der Waals surface area contributed by atoms with E-state index in [0.717, 1.165) is 57.1 Å². The standard InChI is InChI=1S/C20H24Cl2N4OS/c21-17-2-3-19(18(22)14-17)24-20(28)26(15-16-4-6-23-7-5-16)9-1-8-25-10-12-27-13-11-25/h2-7,14H,1,8-13,15H2,(H,24,28). The Bertz CT molecular complexity index is 772. The third kappa shape index (κ3) is 6.57. The zero-order valence-corrected chi connectivity index (χ0v) is 17.9. The molecule has 0 aliphatic carbocycles. The lowest BCUT2D eigenvalue weighted by Gasteiger charge is -2.29. The van der Waals surface area contributed by atoms with Crippen molar-refractivity contribution in [1.82, 2.24) is 14.8 Å². The summed E-state index contributed by atoms with van der Waals surface area (Å²) in [6.07, 6.45) is 4.61. The van der Waals surface area contributed by atoms with E-state index in [1.54, 1.807) is 24.5 Å². The van der Waals surface area contributed by atoms with Gasteiger partial charge in [0.15, 0.2) is 5.11 Å². The number of hydrogen-bond acceptors (Lipinski definition) is 4. The average molecular weight is 439 g/mol. The molecule has 5 nitrogen and oxygen atoms in total. The number of halogens is 2. The van der Waals surface area contributed by atoms with E-state index in [-0.39, 0.29) is 0 Å². The number of pyridine rings is 1. The molecule has 0 saturated carbocycles. The molecule has 3 rings (SSSR count). The fraction of sp³-hybridized carbons (Fsp3) is 0.400. The Kier molecular flexibility index (Phi) is 8.30. The summed E-state index contributed by atoms with van der Waals surface area (Å²) in [6, 6.07) is 9.36. The summed E-state index contributed by atoms with van der Waals surface area (Å²) in [5.41, 5.74) is 1.91. The predicted octanol–water partition coefficient (Wildman–Crippen LogP) is 4.31. The van der Waals surface area contributed by atoms with Crippen molar-refractivity contribution in [3.05, 3.63) is 58.3 Å². The van der Waals surface area contributed by atoms with Gasteiger partial charge in [-0.1, -0.05) is 23.2 Å². The molecule has 1 aliphatic rings. The van der Waals surface area contributed by atoms with Crippen LogP contribution in [0, 0.1) is 0 Å². The molecule has 1 fully saturated rings. The van der Waals surface area contributed by atoms with E-state index >= 15 is 0 Å². The van der Waals surface area contributed by atoms with E-state index in [0.29, 0.717) is 21.7 Å². The second-order valence-electron chi connectivity index (χ2n) is 6.64. The van der Waals surface area contributed by atoms with Crippen LogP contribution in [0.4, 0.5) is 5.69 Å². The van der Waals surface area contributed by atoms with Crippen LogP contribution in [0.2, 0.25) is 10.0 Å². The zero-order chi connectivity index (χ0) is 19.8. The van der Waals surface area contributed by atoms with Gasteiger partial charge < -0.3 is 15.0 Å². The van der Waals surface area contributed by atoms with Crippen molar-refractivity contribution in [2.75, 3.05) is 44.7 Å². The number of rotatable bonds is 7. The Morgan fingerprint density at radius 2 is 1.93 bits per heavy atom. The number of benzene rings is 1. The van der Waals surface area contributed by atoms with Gasteiger partial charge in [0.05, 0.1) is 23.9 Å². The molecule has 1 aliphatic heterocycles. The van der Waals surface area contributed by atoms with Crippen LogP contribution in [-0.4, -0.2) is 59.3 Å². The van der Waals surface area contributed by atoms with Crippen molar-refractivity contribution in [1.29, 1.82) is 0 Å². The molecule has 0 spiro atoms. The second-order valence-corrected chi connectivity index (χ2v) is 7.87. The molecule has 0 bridgehead atoms. The predicted molar refractivity (Wildman–Crippen MR) is 119 cm³/mol. The molecule has 0 radical (unpaired) electrons. The van der Waals surface area contributed by atoms with Crippen LogP contribution < -0.4 is 5.32 Å². The molecule has 8 heteroatoms. The maximum atomic E-state index is 6.29. The van der Waals surface area contributed by atoms with Crippen LogP contribution in [0.3, 0.4) is 0 Å². The minimum absolute atomic E-state index is 0.548. The van der Waals surface area contributed by atoms with Crippen molar-refractivity contribution >= 4 is 46.2 Å². The Morgan fingerprint density at radius 1 is 1.18 bits per heavy atom. The molecule has 0 amide bonds. The molecule has 28 heavy (non-hydrogen) atoms. The van der Waals surface area contributed by atoms with Crippen molar-refractivity contribution in [2.24, 2.45) is 0 Å². The Morgan fingerprint density at radius 3 is 2.64 bits per heavy atom. The average Bonchev–Trinajstić information content (AvgIpc) is 2.71. The highest BCUT2D eigenvalue weighted by atomic mass is 35.5. The van der Waals surface area contributed by atoms with Gasteiger partial charge in [-0.15, -0.1) is 0 Å². The molecule has 0 atom stereocenters. The quantitative estimate of drug-likeness (QED) is 0.649. The number of aromatic nitrogens is 1. The maximum Gasteiger partial charge on any atom is 0.173 e. The first-order valence-corrected chi connectivity index (χ1v) is 10.5. The second kappa shape index (κ2) is 10.9. The normalized spacial score (nSPS) is 14.6. The van der Waals surface area contributed by atoms with Crippen LogP contribution in [0.25, 0.3) is 0 Å². The number of ether oxygens (including phenoxy) is 1. The van der Waals surface area contributed by atoms with E-state index in [4.69, 9.17) is 40.2 Å². The van der Waals surface area contributed by atoms with Gasteiger partial charge in [-0.3, -0.25) is 9.88 Å². The van der Waals surface area contributed by atoms with Gasteiger partial charge in [0.1, 0.15) is 0 Å². The van der Waals surface area contributed by atoms with E-state index in [1.807, 2.05) is 18.2 Å². The Labute approximate surface area is 181 Å². The Hall–Kier alpha value is -1.44. The van der Waals surface area contributed by atoms with E-state index in [2.05, 4.69) is 20.1 Å². The summed E-state index contributed by atoms with van der Waals surface area (Å²) in [4.78, 5) is 8.69. The molecule has 2 heterocycles. The summed E-state index contributed by atoms with van der Waals surface area (Å²) >= 11 is 18.0. The molecule has 2 aromatic rings. The molecular formula is C20H24Cl2N4OS. The van der Waals surface area contributed by atoms with Crippen LogP contribution in [0.5, 0.6) is 0 Å². The summed E-state index contributed by atoms with van der Waals surface area (Å²) < 4.78 is 5.42. The monoisotopic (exact) mass is 438 g/mol. The lowest BCUT2D eigenvalue weighted by atomic mass is 10.2. The highest BCUT2D eigenvalue weighted by Gasteiger charge is 2.14. The highest BCUT2D eigenvalue weighted by Crippen LogP contribution is 2.25. The van der Waals surface area contributed by atoms with Crippen molar-refractivity contribution < 1.29 is 4.74 Å². The van der Waals surface area contributed by atoms with Crippen LogP contribution >= 0.6 is 35.4 Å². The van der Waals surface area contributed by atoms with Crippen molar-refractivity contribution in [2.45, 2.75) is 13.0 Å². The van der Waals surface area contributed by atoms with Crippen LogP contribution in [0.1, 0.15) is 12.0 Å². The zero-order valence-electron chi connectivity index (χ0n) is 15.6. The third-order valence-corrected chi connectivity index (χ3v) is 5.50. The summed E-state index contributed by atoms with van der Waals surface area (Å²) in [5.74, 6) is 0. The minimum Gasteiger partial charge on any atom is -0.379 e. The van der Waals surface area contributed by atoms with Crippen molar-refractivity contribution in [3.63, 3.8) is 0 Å². The first-order valence-electron chi connectivity index (χ1n) is 9.32. The smallest absolute Gasteiger partial charge is 0.173 e. The number of anilines is 1. The van der Waals surface area contributed by atoms with Crippen LogP contribution in [0.15, 0.2) is 42.7 Å². The van der Waals surface area contributed by atoms with E-state index in [9.17, 15) is 0 Å². The lowest BCUT2D eigenvalue weighted by molar-refractivity contribution is 0.0368. The highest BCUT2D eigenvalue weighted by molar-refractivity contribution is 7.80. The third-order valence-electron chi connectivity index (χ3n) is 4.59. The summed E-state index contributed by atoms with van der Waals surface area (Å²) in [5, 5.41) is 5.05. The molecule has 1 aromatic heterocycles. The fourth-order valence-corrected chi connectivity index (χ4v) is 3.78. The van der Waals surface area contributed by atoms with Crippen LogP contribution in [-0.2, 0) is 11.3 Å². The van der Waals surface area contributed by atoms with Gasteiger partial charge in [-0.2, -0.15) is 0 Å². The van der Waals surface area contributed by atoms with Gasteiger partial charge in [-0.25, -0.2) is 0 Å². The molecule has 1 N–H and O–H groups in total. The molecular weight excluding hydrogens is 415 g/mol.